The molecule has 0 bridgehead atoms. The summed E-state index contributed by atoms with van der Waals surface area (Å²) in [6, 6.07) is 9.05. The highest BCUT2D eigenvalue weighted by Gasteiger charge is 2.23. The van der Waals surface area contributed by atoms with Gasteiger partial charge in [0.05, 0.1) is 0 Å². The van der Waals surface area contributed by atoms with Crippen LogP contribution in [0.1, 0.15) is 24.8 Å². The number of hydrogen-bond donors (Lipinski definition) is 1. The van der Waals surface area contributed by atoms with E-state index in [2.05, 4.69) is 46.9 Å². The average Bonchev–Trinajstić information content (AvgIpc) is 2.93. The molecule has 1 saturated carbocycles. The summed E-state index contributed by atoms with van der Waals surface area (Å²) < 4.78 is 1.29. The van der Waals surface area contributed by atoms with Gasteiger partial charge in [-0.1, -0.05) is 25.0 Å². The zero-order chi connectivity index (χ0) is 9.97. The Hall–Kier alpha value is -0.0900. The third kappa shape index (κ3) is 3.24. The molecule has 0 heterocycles. The fourth-order valence-electron chi connectivity index (χ4n) is 1.79. The zero-order valence-corrected chi connectivity index (χ0v) is 10.4. The minimum absolute atomic E-state index is 0.363. The van der Waals surface area contributed by atoms with E-state index in [1.165, 1.54) is 28.4 Å². The Morgan fingerprint density at radius 3 is 2.50 bits per heavy atom. The molecule has 1 aliphatic carbocycles. The number of halogens is 1. The van der Waals surface area contributed by atoms with Crippen LogP contribution in [0.4, 0.5) is 0 Å². The molecule has 0 radical (unpaired) electrons. The largest absolute Gasteiger partial charge is 0.327 e. The van der Waals surface area contributed by atoms with Gasteiger partial charge in [0, 0.05) is 9.61 Å². The Morgan fingerprint density at radius 2 is 1.93 bits per heavy atom. The fourth-order valence-corrected chi connectivity index (χ4v) is 2.15. The van der Waals surface area contributed by atoms with Crippen molar-refractivity contribution in [1.29, 1.82) is 0 Å². The maximum atomic E-state index is 6.08. The van der Waals surface area contributed by atoms with Crippen LogP contribution >= 0.6 is 22.6 Å². The molecule has 1 aromatic carbocycles. The molecule has 0 spiro atoms. The highest BCUT2D eigenvalue weighted by atomic mass is 127. The van der Waals surface area contributed by atoms with Crippen LogP contribution in [-0.2, 0) is 6.42 Å². The van der Waals surface area contributed by atoms with E-state index in [-0.39, 0.29) is 0 Å². The summed E-state index contributed by atoms with van der Waals surface area (Å²) in [5.41, 5.74) is 7.46. The van der Waals surface area contributed by atoms with Gasteiger partial charge in [-0.05, 0) is 59.0 Å². The van der Waals surface area contributed by atoms with E-state index in [9.17, 15) is 0 Å². The molecular formula is C12H16IN. The second kappa shape index (κ2) is 4.62. The van der Waals surface area contributed by atoms with E-state index in [0.29, 0.717) is 6.04 Å². The monoisotopic (exact) mass is 301 g/mol. The normalized spacial score (nSPS) is 18.1. The van der Waals surface area contributed by atoms with Crippen molar-refractivity contribution in [3.63, 3.8) is 0 Å². The minimum atomic E-state index is 0.363. The molecule has 2 heteroatoms. The molecule has 1 aromatic rings. The van der Waals surface area contributed by atoms with Gasteiger partial charge in [0.25, 0.3) is 0 Å². The highest BCUT2D eigenvalue weighted by molar-refractivity contribution is 14.1. The lowest BCUT2D eigenvalue weighted by Crippen LogP contribution is -2.23. The standard InChI is InChI=1S/C12H16IN/c13-11-5-3-10(4-6-11)8-12(14)7-9-1-2-9/h3-6,9,12H,1-2,7-8,14H2. The van der Waals surface area contributed by atoms with E-state index in [1.807, 2.05) is 0 Å². The van der Waals surface area contributed by atoms with Crippen LogP contribution in [0.2, 0.25) is 0 Å². The molecule has 2 rings (SSSR count). The van der Waals surface area contributed by atoms with Crippen LogP contribution in [-0.4, -0.2) is 6.04 Å². The Kier molecular flexibility index (Phi) is 3.44. The molecule has 1 fully saturated rings. The first kappa shape index (κ1) is 10.4. The molecule has 76 valence electrons. The van der Waals surface area contributed by atoms with Gasteiger partial charge in [-0.2, -0.15) is 0 Å². The molecule has 0 aromatic heterocycles. The van der Waals surface area contributed by atoms with Crippen molar-refractivity contribution in [3.05, 3.63) is 33.4 Å². The maximum Gasteiger partial charge on any atom is 0.0130 e. The lowest BCUT2D eigenvalue weighted by molar-refractivity contribution is 0.566. The molecule has 1 unspecified atom stereocenters. The van der Waals surface area contributed by atoms with E-state index >= 15 is 0 Å². The Bertz CT molecular complexity index is 290. The van der Waals surface area contributed by atoms with Crippen LogP contribution in [0.3, 0.4) is 0 Å². The van der Waals surface area contributed by atoms with Gasteiger partial charge in [0.1, 0.15) is 0 Å². The number of nitrogens with two attached hydrogens (primary N) is 1. The van der Waals surface area contributed by atoms with Crippen LogP contribution in [0.5, 0.6) is 0 Å². The van der Waals surface area contributed by atoms with E-state index in [4.69, 9.17) is 5.73 Å². The quantitative estimate of drug-likeness (QED) is 0.850. The minimum Gasteiger partial charge on any atom is -0.327 e. The Morgan fingerprint density at radius 1 is 1.29 bits per heavy atom. The number of hydrogen-bond acceptors (Lipinski definition) is 1. The summed E-state index contributed by atoms with van der Waals surface area (Å²) in [6.45, 7) is 0. The lowest BCUT2D eigenvalue weighted by Gasteiger charge is -2.10. The van der Waals surface area contributed by atoms with Crippen molar-refractivity contribution in [2.45, 2.75) is 31.7 Å². The first-order chi connectivity index (χ1) is 6.74. The smallest absolute Gasteiger partial charge is 0.0130 e. The highest BCUT2D eigenvalue weighted by Crippen LogP contribution is 2.33. The predicted molar refractivity (Wildman–Crippen MR) is 68.2 cm³/mol. The van der Waals surface area contributed by atoms with Crippen molar-refractivity contribution < 1.29 is 0 Å². The topological polar surface area (TPSA) is 26.0 Å². The second-order valence-electron chi connectivity index (χ2n) is 4.27. The SMILES string of the molecule is NC(Cc1ccc(I)cc1)CC1CC1. The number of rotatable bonds is 4. The van der Waals surface area contributed by atoms with E-state index < -0.39 is 0 Å². The van der Waals surface area contributed by atoms with Crippen LogP contribution < -0.4 is 5.73 Å². The van der Waals surface area contributed by atoms with Crippen LogP contribution in [0.15, 0.2) is 24.3 Å². The van der Waals surface area contributed by atoms with Gasteiger partial charge >= 0.3 is 0 Å². The van der Waals surface area contributed by atoms with Crippen molar-refractivity contribution in [1.82, 2.24) is 0 Å². The van der Waals surface area contributed by atoms with Gasteiger partial charge < -0.3 is 5.73 Å². The molecular weight excluding hydrogens is 285 g/mol. The second-order valence-corrected chi connectivity index (χ2v) is 5.52. The van der Waals surface area contributed by atoms with E-state index in [0.717, 1.165) is 12.3 Å². The summed E-state index contributed by atoms with van der Waals surface area (Å²) in [5.74, 6) is 0.939. The lowest BCUT2D eigenvalue weighted by atomic mass is 10.0. The van der Waals surface area contributed by atoms with Crippen molar-refractivity contribution >= 4 is 22.6 Å². The molecule has 0 aliphatic heterocycles. The molecule has 0 amide bonds. The molecule has 1 atom stereocenters. The number of benzene rings is 1. The molecule has 1 aliphatic rings. The molecule has 14 heavy (non-hydrogen) atoms. The first-order valence-corrected chi connectivity index (χ1v) is 6.32. The Balaban J connectivity index is 1.85. The molecule has 2 N–H and O–H groups in total. The van der Waals surface area contributed by atoms with Crippen LogP contribution in [0.25, 0.3) is 0 Å². The Labute approximate surface area is 99.2 Å². The van der Waals surface area contributed by atoms with Gasteiger partial charge in [0.2, 0.25) is 0 Å². The summed E-state index contributed by atoms with van der Waals surface area (Å²) >= 11 is 2.33. The predicted octanol–water partition coefficient (Wildman–Crippen LogP) is 2.96. The van der Waals surface area contributed by atoms with Gasteiger partial charge in [-0.15, -0.1) is 0 Å². The summed E-state index contributed by atoms with van der Waals surface area (Å²) in [6.07, 6.45) is 5.06. The summed E-state index contributed by atoms with van der Waals surface area (Å²) in [7, 11) is 0. The van der Waals surface area contributed by atoms with E-state index in [1.54, 1.807) is 0 Å². The van der Waals surface area contributed by atoms with Crippen molar-refractivity contribution in [2.75, 3.05) is 0 Å². The molecule has 0 saturated heterocycles. The third-order valence-corrected chi connectivity index (χ3v) is 3.46. The third-order valence-electron chi connectivity index (χ3n) is 2.74. The van der Waals surface area contributed by atoms with Crippen LogP contribution in [0, 0.1) is 9.49 Å². The fraction of sp³-hybridized carbons (Fsp3) is 0.500. The average molecular weight is 301 g/mol. The van der Waals surface area contributed by atoms with Crippen molar-refractivity contribution in [2.24, 2.45) is 11.7 Å². The molecule has 1 nitrogen and oxygen atoms in total. The van der Waals surface area contributed by atoms with Crippen molar-refractivity contribution in [3.8, 4) is 0 Å². The zero-order valence-electron chi connectivity index (χ0n) is 8.25. The van der Waals surface area contributed by atoms with Gasteiger partial charge in [-0.25, -0.2) is 0 Å². The maximum absolute atomic E-state index is 6.08. The van der Waals surface area contributed by atoms with Gasteiger partial charge in [0.15, 0.2) is 0 Å². The summed E-state index contributed by atoms with van der Waals surface area (Å²) in [5, 5.41) is 0. The van der Waals surface area contributed by atoms with Gasteiger partial charge in [-0.3, -0.25) is 0 Å². The first-order valence-electron chi connectivity index (χ1n) is 5.24. The summed E-state index contributed by atoms with van der Waals surface area (Å²) in [4.78, 5) is 0.